The van der Waals surface area contributed by atoms with E-state index in [-0.39, 0.29) is 12.1 Å². The Kier molecular flexibility index (Phi) is 2.98. The van der Waals surface area contributed by atoms with Crippen LogP contribution in [0, 0.1) is 0 Å². The lowest BCUT2D eigenvalue weighted by atomic mass is 10.2. The predicted molar refractivity (Wildman–Crippen MR) is 73.8 cm³/mol. The fourth-order valence-electron chi connectivity index (χ4n) is 1.92. The van der Waals surface area contributed by atoms with Gasteiger partial charge in [-0.15, -0.1) is 0 Å². The van der Waals surface area contributed by atoms with Gasteiger partial charge in [-0.05, 0) is 32.0 Å². The molecular formula is C14H14N4O2. The van der Waals surface area contributed by atoms with E-state index in [4.69, 9.17) is 4.74 Å². The molecule has 1 N–H and O–H groups in total. The number of hydrogen-bond acceptors (Lipinski definition) is 4. The number of nitrogens with one attached hydrogen (secondary N) is 1. The maximum atomic E-state index is 11.8. The van der Waals surface area contributed by atoms with Crippen molar-refractivity contribution in [2.45, 2.75) is 20.0 Å². The molecular weight excluding hydrogens is 256 g/mol. The number of aromatic amines is 1. The summed E-state index contributed by atoms with van der Waals surface area (Å²) < 4.78 is 6.78. The number of rotatable bonds is 3. The van der Waals surface area contributed by atoms with Crippen molar-refractivity contribution in [1.29, 1.82) is 0 Å². The number of esters is 1. The van der Waals surface area contributed by atoms with Crippen LogP contribution in [0.4, 0.5) is 0 Å². The second-order valence-corrected chi connectivity index (χ2v) is 4.77. The number of nitrogens with zero attached hydrogens (tertiary/aromatic N) is 3. The molecule has 1 aromatic carbocycles. The summed E-state index contributed by atoms with van der Waals surface area (Å²) in [7, 11) is 0. The first kappa shape index (κ1) is 12.4. The van der Waals surface area contributed by atoms with Crippen molar-refractivity contribution in [2.24, 2.45) is 0 Å². The Labute approximate surface area is 115 Å². The van der Waals surface area contributed by atoms with E-state index in [1.165, 1.54) is 6.20 Å². The van der Waals surface area contributed by atoms with Gasteiger partial charge >= 0.3 is 5.97 Å². The van der Waals surface area contributed by atoms with E-state index in [2.05, 4.69) is 15.3 Å². The third kappa shape index (κ3) is 2.27. The van der Waals surface area contributed by atoms with Crippen molar-refractivity contribution >= 4 is 16.9 Å². The van der Waals surface area contributed by atoms with Crippen molar-refractivity contribution in [1.82, 2.24) is 20.0 Å². The Morgan fingerprint density at radius 3 is 3.00 bits per heavy atom. The molecule has 0 fully saturated rings. The van der Waals surface area contributed by atoms with E-state index in [1.807, 2.05) is 32.0 Å². The minimum atomic E-state index is -0.365. The minimum Gasteiger partial charge on any atom is -0.459 e. The predicted octanol–water partition coefficient (Wildman–Crippen LogP) is 2.31. The highest BCUT2D eigenvalue weighted by atomic mass is 16.5. The molecule has 0 aliphatic carbocycles. The highest BCUT2D eigenvalue weighted by Crippen LogP contribution is 2.16. The Balaban J connectivity index is 1.90. The number of hydrogen-bond donors (Lipinski definition) is 1. The molecule has 0 amide bonds. The number of carbonyl (C=O) groups excluding carboxylic acids is 1. The normalized spacial score (nSPS) is 11.2. The monoisotopic (exact) mass is 270 g/mol. The van der Waals surface area contributed by atoms with Gasteiger partial charge in [0.2, 0.25) is 0 Å². The van der Waals surface area contributed by atoms with E-state index >= 15 is 0 Å². The zero-order valence-electron chi connectivity index (χ0n) is 11.2. The first-order chi connectivity index (χ1) is 9.63. The molecule has 2 heterocycles. The summed E-state index contributed by atoms with van der Waals surface area (Å²) >= 11 is 0. The number of aromatic nitrogens is 4. The van der Waals surface area contributed by atoms with Gasteiger partial charge in [0, 0.05) is 11.6 Å². The maximum absolute atomic E-state index is 11.8. The fraction of sp³-hybridized carbons (Fsp3) is 0.214. The van der Waals surface area contributed by atoms with Gasteiger partial charge in [0.25, 0.3) is 0 Å². The average Bonchev–Trinajstić information content (AvgIpc) is 3.06. The first-order valence-corrected chi connectivity index (χ1v) is 6.32. The molecule has 0 bridgehead atoms. The van der Waals surface area contributed by atoms with Gasteiger partial charge in [-0.2, -0.15) is 10.2 Å². The summed E-state index contributed by atoms with van der Waals surface area (Å²) in [5.74, 6) is -0.365. The lowest BCUT2D eigenvalue weighted by Gasteiger charge is -2.05. The summed E-state index contributed by atoms with van der Waals surface area (Å²) in [4.78, 5) is 11.8. The average molecular weight is 270 g/mol. The molecule has 0 saturated heterocycles. The lowest BCUT2D eigenvalue weighted by molar-refractivity contribution is 0.0378. The topological polar surface area (TPSA) is 72.8 Å². The second-order valence-electron chi connectivity index (χ2n) is 4.77. The number of fused-ring (bicyclic) bond motifs is 1. The van der Waals surface area contributed by atoms with Crippen LogP contribution in [0.15, 0.2) is 36.8 Å². The zero-order valence-corrected chi connectivity index (χ0v) is 11.2. The van der Waals surface area contributed by atoms with Gasteiger partial charge in [-0.1, -0.05) is 0 Å². The summed E-state index contributed by atoms with van der Waals surface area (Å²) in [6.07, 6.45) is 4.76. The smallest absolute Gasteiger partial charge is 0.341 e. The molecule has 0 aliphatic heterocycles. The van der Waals surface area contributed by atoms with Crippen molar-refractivity contribution in [3.8, 4) is 5.69 Å². The zero-order chi connectivity index (χ0) is 14.1. The molecule has 6 heteroatoms. The molecule has 0 radical (unpaired) electrons. The van der Waals surface area contributed by atoms with Gasteiger partial charge in [0.05, 0.1) is 35.3 Å². The number of carbonyl (C=O) groups is 1. The lowest BCUT2D eigenvalue weighted by Crippen LogP contribution is -2.10. The SMILES string of the molecule is CC(C)OC(=O)c1cnn(-c2ccc3[nH]ncc3c2)c1. The fourth-order valence-corrected chi connectivity index (χ4v) is 1.92. The molecule has 6 nitrogen and oxygen atoms in total. The molecule has 0 spiro atoms. The number of ether oxygens (including phenoxy) is 1. The van der Waals surface area contributed by atoms with Crippen LogP contribution in [0.2, 0.25) is 0 Å². The highest BCUT2D eigenvalue weighted by molar-refractivity contribution is 5.89. The first-order valence-electron chi connectivity index (χ1n) is 6.32. The third-order valence-corrected chi connectivity index (χ3v) is 2.85. The largest absolute Gasteiger partial charge is 0.459 e. The van der Waals surface area contributed by atoms with Gasteiger partial charge in [0.1, 0.15) is 0 Å². The van der Waals surface area contributed by atoms with Crippen LogP contribution in [0.1, 0.15) is 24.2 Å². The van der Waals surface area contributed by atoms with Crippen molar-refractivity contribution in [3.05, 3.63) is 42.4 Å². The van der Waals surface area contributed by atoms with E-state index < -0.39 is 0 Å². The Bertz CT molecular complexity index is 757. The highest BCUT2D eigenvalue weighted by Gasteiger charge is 2.12. The van der Waals surface area contributed by atoms with E-state index in [0.717, 1.165) is 16.6 Å². The van der Waals surface area contributed by atoms with Crippen LogP contribution in [0.5, 0.6) is 0 Å². The molecule has 2 aromatic heterocycles. The summed E-state index contributed by atoms with van der Waals surface area (Å²) in [6, 6.07) is 5.78. The molecule has 3 aromatic rings. The minimum absolute atomic E-state index is 0.145. The quantitative estimate of drug-likeness (QED) is 0.741. The second kappa shape index (κ2) is 4.80. The van der Waals surface area contributed by atoms with Crippen LogP contribution in [-0.2, 0) is 4.74 Å². The summed E-state index contributed by atoms with van der Waals surface area (Å²) in [5.41, 5.74) is 2.26. The van der Waals surface area contributed by atoms with Crippen molar-refractivity contribution in [3.63, 3.8) is 0 Å². The molecule has 0 atom stereocenters. The van der Waals surface area contributed by atoms with Crippen LogP contribution in [0.3, 0.4) is 0 Å². The number of H-pyrrole nitrogens is 1. The van der Waals surface area contributed by atoms with Crippen LogP contribution >= 0.6 is 0 Å². The Hall–Kier alpha value is -2.63. The summed E-state index contributed by atoms with van der Waals surface area (Å²) in [5, 5.41) is 12.0. The molecule has 102 valence electrons. The van der Waals surface area contributed by atoms with Crippen molar-refractivity contribution < 1.29 is 9.53 Å². The van der Waals surface area contributed by atoms with E-state index in [0.29, 0.717) is 5.56 Å². The molecule has 3 rings (SSSR count). The molecule has 0 aliphatic rings. The van der Waals surface area contributed by atoms with Crippen LogP contribution in [-0.4, -0.2) is 32.1 Å². The van der Waals surface area contributed by atoms with Crippen LogP contribution in [0.25, 0.3) is 16.6 Å². The number of benzene rings is 1. The summed E-state index contributed by atoms with van der Waals surface area (Å²) in [6.45, 7) is 3.63. The van der Waals surface area contributed by atoms with Gasteiger partial charge in [0.15, 0.2) is 0 Å². The Morgan fingerprint density at radius 2 is 2.20 bits per heavy atom. The maximum Gasteiger partial charge on any atom is 0.341 e. The molecule has 0 saturated carbocycles. The van der Waals surface area contributed by atoms with Gasteiger partial charge in [-0.25, -0.2) is 9.48 Å². The third-order valence-electron chi connectivity index (χ3n) is 2.85. The molecule has 20 heavy (non-hydrogen) atoms. The van der Waals surface area contributed by atoms with E-state index in [9.17, 15) is 4.79 Å². The standard InChI is InChI=1S/C14H14N4O2/c1-9(2)20-14(19)11-7-16-18(8-11)12-3-4-13-10(5-12)6-15-17-13/h3-9H,1-2H3,(H,15,17). The van der Waals surface area contributed by atoms with Crippen LogP contribution < -0.4 is 0 Å². The van der Waals surface area contributed by atoms with Gasteiger partial charge in [-0.3, -0.25) is 5.10 Å². The molecule has 0 unspecified atom stereocenters. The van der Waals surface area contributed by atoms with Crippen molar-refractivity contribution in [2.75, 3.05) is 0 Å². The van der Waals surface area contributed by atoms with Gasteiger partial charge < -0.3 is 4.74 Å². The van der Waals surface area contributed by atoms with E-state index in [1.54, 1.807) is 17.1 Å². The Morgan fingerprint density at radius 1 is 1.35 bits per heavy atom.